The number of fused-ring (bicyclic) bond motifs is 5. The Hall–Kier alpha value is -3.03. The van der Waals surface area contributed by atoms with Gasteiger partial charge in [-0.2, -0.15) is 0 Å². The Morgan fingerprint density at radius 1 is 1.00 bits per heavy atom. The van der Waals surface area contributed by atoms with E-state index in [-0.39, 0.29) is 30.2 Å². The third-order valence-electron chi connectivity index (χ3n) is 8.59. The molecule has 1 spiro atoms. The number of amides is 3. The minimum Gasteiger partial charge on any atom is -0.337 e. The van der Waals surface area contributed by atoms with E-state index in [0.29, 0.717) is 30.2 Å². The number of likely N-dealkylation sites (tertiary alicyclic amines) is 1. The van der Waals surface area contributed by atoms with Crippen LogP contribution in [0.25, 0.3) is 0 Å². The second-order valence-corrected chi connectivity index (χ2v) is 10.4. The van der Waals surface area contributed by atoms with Crippen LogP contribution in [-0.4, -0.2) is 56.5 Å². The van der Waals surface area contributed by atoms with Crippen LogP contribution in [0.1, 0.15) is 44.1 Å². The number of benzene rings is 1. The molecule has 2 saturated heterocycles. The minimum absolute atomic E-state index is 0.131. The van der Waals surface area contributed by atoms with Gasteiger partial charge < -0.3 is 9.80 Å². The maximum absolute atomic E-state index is 13.8. The highest BCUT2D eigenvalue weighted by molar-refractivity contribution is 6.44. The average molecular weight is 449 g/mol. The summed E-state index contributed by atoms with van der Waals surface area (Å²) >= 11 is 0. The molecular weight excluding hydrogens is 425 g/mol. The third-order valence-corrected chi connectivity index (χ3v) is 8.59. The fourth-order valence-corrected chi connectivity index (χ4v) is 6.92. The topological polar surface area (TPSA) is 78.0 Å². The lowest BCUT2D eigenvalue weighted by atomic mass is 9.81. The first-order chi connectivity index (χ1) is 15.9. The molecule has 3 heterocycles. The van der Waals surface area contributed by atoms with Crippen molar-refractivity contribution in [1.82, 2.24) is 14.7 Å². The highest BCUT2D eigenvalue weighted by atomic mass is 19.1. The van der Waals surface area contributed by atoms with Gasteiger partial charge in [0, 0.05) is 25.0 Å². The van der Waals surface area contributed by atoms with Gasteiger partial charge in [-0.25, -0.2) is 4.39 Å². The summed E-state index contributed by atoms with van der Waals surface area (Å²) in [6, 6.07) is 6.01. The van der Waals surface area contributed by atoms with Crippen LogP contribution in [0, 0.1) is 23.6 Å². The van der Waals surface area contributed by atoms with Crippen molar-refractivity contribution in [3.63, 3.8) is 0 Å². The fourth-order valence-electron chi connectivity index (χ4n) is 6.92. The number of halogens is 1. The first-order valence-corrected chi connectivity index (χ1v) is 11.9. The summed E-state index contributed by atoms with van der Waals surface area (Å²) in [7, 11) is 0. The van der Waals surface area contributed by atoms with Crippen molar-refractivity contribution in [3.8, 4) is 0 Å². The number of carbonyl (C=O) groups is 4. The van der Waals surface area contributed by atoms with Gasteiger partial charge in [0.25, 0.3) is 11.8 Å². The molecule has 7 rings (SSSR count). The van der Waals surface area contributed by atoms with Gasteiger partial charge in [-0.1, -0.05) is 12.1 Å². The van der Waals surface area contributed by atoms with E-state index >= 15 is 0 Å². The Labute approximate surface area is 190 Å². The van der Waals surface area contributed by atoms with Crippen LogP contribution < -0.4 is 0 Å². The maximum Gasteiger partial charge on any atom is 0.297 e. The van der Waals surface area contributed by atoms with Crippen LogP contribution in [0.2, 0.25) is 0 Å². The molecule has 5 fully saturated rings. The van der Waals surface area contributed by atoms with Gasteiger partial charge in [0.05, 0.1) is 0 Å². The van der Waals surface area contributed by atoms with E-state index in [1.165, 1.54) is 12.1 Å². The number of rotatable bonds is 3. The quantitative estimate of drug-likeness (QED) is 0.522. The average Bonchev–Trinajstić information content (AvgIpc) is 3.72. The first kappa shape index (κ1) is 19.4. The Kier molecular flexibility index (Phi) is 3.71. The molecule has 0 N–H and O–H groups in total. The maximum atomic E-state index is 13.8. The van der Waals surface area contributed by atoms with Crippen molar-refractivity contribution in [2.75, 3.05) is 6.54 Å². The Bertz CT molecular complexity index is 1170. The minimum atomic E-state index is -1.21. The summed E-state index contributed by atoms with van der Waals surface area (Å²) in [5, 5.41) is 0. The van der Waals surface area contributed by atoms with Gasteiger partial charge in [0.2, 0.25) is 11.7 Å². The summed E-state index contributed by atoms with van der Waals surface area (Å²) in [5.41, 5.74) is 0.895. The zero-order chi connectivity index (χ0) is 22.6. The predicted molar refractivity (Wildman–Crippen MR) is 112 cm³/mol. The van der Waals surface area contributed by atoms with Gasteiger partial charge in [-0.3, -0.25) is 24.1 Å². The van der Waals surface area contributed by atoms with Crippen LogP contribution in [0.15, 0.2) is 35.5 Å². The van der Waals surface area contributed by atoms with Gasteiger partial charge in [0.15, 0.2) is 0 Å². The molecule has 0 bridgehead atoms. The largest absolute Gasteiger partial charge is 0.337 e. The molecule has 33 heavy (non-hydrogen) atoms. The molecule has 7 nitrogen and oxygen atoms in total. The predicted octanol–water partition coefficient (Wildman–Crippen LogP) is 1.97. The molecule has 1 aromatic carbocycles. The first-order valence-electron chi connectivity index (χ1n) is 11.9. The second kappa shape index (κ2) is 6.30. The lowest BCUT2D eigenvalue weighted by Crippen LogP contribution is -2.61. The summed E-state index contributed by atoms with van der Waals surface area (Å²) < 4.78 is 13.3. The number of nitrogens with zero attached hydrogens (tertiary/aromatic N) is 3. The van der Waals surface area contributed by atoms with Gasteiger partial charge >= 0.3 is 0 Å². The lowest BCUT2D eigenvalue weighted by Gasteiger charge is -2.44. The zero-order valence-corrected chi connectivity index (χ0v) is 18.1. The Morgan fingerprint density at radius 3 is 2.39 bits per heavy atom. The summed E-state index contributed by atoms with van der Waals surface area (Å²) in [6.45, 7) is 0.593. The van der Waals surface area contributed by atoms with Gasteiger partial charge in [0.1, 0.15) is 23.1 Å². The molecule has 8 heteroatoms. The molecule has 0 aromatic heterocycles. The SMILES string of the molecule is O=C1C(=O)N2C(=C3CCN(Cc4ccc(F)cc4)C(=O)C13)C(=O)N(C1CC1)C21CC[C@@H]2C[C@@H]21. The van der Waals surface area contributed by atoms with E-state index in [2.05, 4.69) is 0 Å². The van der Waals surface area contributed by atoms with Crippen molar-refractivity contribution in [2.24, 2.45) is 17.8 Å². The van der Waals surface area contributed by atoms with Crippen molar-refractivity contribution >= 4 is 23.5 Å². The fraction of sp³-hybridized carbons (Fsp3) is 0.520. The third kappa shape index (κ3) is 2.44. The Balaban J connectivity index is 1.29. The van der Waals surface area contributed by atoms with Crippen molar-refractivity contribution in [2.45, 2.75) is 56.8 Å². The zero-order valence-electron chi connectivity index (χ0n) is 18.1. The molecule has 3 aliphatic carbocycles. The molecule has 170 valence electrons. The van der Waals surface area contributed by atoms with Crippen LogP contribution in [0.3, 0.4) is 0 Å². The molecule has 3 amide bonds. The molecule has 6 aliphatic rings. The number of Topliss-reactive ketones (excluding diaryl/α,β-unsaturated/α-hetero) is 1. The molecule has 2 unspecified atom stereocenters. The van der Waals surface area contributed by atoms with E-state index in [4.69, 9.17) is 0 Å². The second-order valence-electron chi connectivity index (χ2n) is 10.4. The van der Waals surface area contributed by atoms with Crippen molar-refractivity contribution in [1.29, 1.82) is 0 Å². The number of ketones is 1. The summed E-state index contributed by atoms with van der Waals surface area (Å²) in [5.74, 6) is -2.82. The van der Waals surface area contributed by atoms with Crippen LogP contribution in [0.4, 0.5) is 4.39 Å². The standard InChI is InChI=1S/C25H24FN3O4/c26-15-3-1-13(2-4-15)12-27-10-8-17-19(22(27)31)21(30)24(33)29-20(17)23(32)28(16-5-6-16)25(29)9-7-14-11-18(14)25/h1-4,14,16,18-19H,5-12H2/t14-,18+,19?,25?/m1/s1. The van der Waals surface area contributed by atoms with Crippen molar-refractivity contribution in [3.05, 3.63) is 46.9 Å². The lowest BCUT2D eigenvalue weighted by molar-refractivity contribution is -0.157. The van der Waals surface area contributed by atoms with Crippen LogP contribution >= 0.6 is 0 Å². The molecule has 0 radical (unpaired) electrons. The molecule has 4 atom stereocenters. The van der Waals surface area contributed by atoms with Crippen LogP contribution in [-0.2, 0) is 25.7 Å². The highest BCUT2D eigenvalue weighted by Crippen LogP contribution is 2.66. The number of carbonyl (C=O) groups excluding carboxylic acids is 4. The molecule has 1 aromatic rings. The van der Waals surface area contributed by atoms with E-state index in [0.717, 1.165) is 37.7 Å². The summed E-state index contributed by atoms with van der Waals surface area (Å²) in [4.78, 5) is 59.1. The van der Waals surface area contributed by atoms with Gasteiger partial charge in [-0.05, 0) is 67.7 Å². The summed E-state index contributed by atoms with van der Waals surface area (Å²) in [6.07, 6.45) is 4.92. The molecule has 3 saturated carbocycles. The van der Waals surface area contributed by atoms with Gasteiger partial charge in [-0.15, -0.1) is 0 Å². The van der Waals surface area contributed by atoms with E-state index in [1.807, 2.05) is 4.90 Å². The molecule has 3 aliphatic heterocycles. The smallest absolute Gasteiger partial charge is 0.297 e. The van der Waals surface area contributed by atoms with E-state index in [1.54, 1.807) is 21.9 Å². The monoisotopic (exact) mass is 449 g/mol. The number of piperidine rings is 1. The van der Waals surface area contributed by atoms with E-state index in [9.17, 15) is 23.6 Å². The van der Waals surface area contributed by atoms with E-state index < -0.39 is 29.2 Å². The highest BCUT2D eigenvalue weighted by Gasteiger charge is 2.73. The van der Waals surface area contributed by atoms with Crippen LogP contribution in [0.5, 0.6) is 0 Å². The van der Waals surface area contributed by atoms with Crippen molar-refractivity contribution < 1.29 is 23.6 Å². The number of hydrogen-bond acceptors (Lipinski definition) is 4. The number of hydrogen-bond donors (Lipinski definition) is 0. The molecular formula is C25H24FN3O4. The normalized spacial score (nSPS) is 34.9. The Morgan fingerprint density at radius 2 is 1.76 bits per heavy atom.